The maximum absolute atomic E-state index is 11.2. The Morgan fingerprint density at radius 3 is 2.60 bits per heavy atom. The zero-order valence-corrected chi connectivity index (χ0v) is 17.1. The van der Waals surface area contributed by atoms with E-state index >= 15 is 0 Å². The minimum atomic E-state index is -0.528. The van der Waals surface area contributed by atoms with Crippen LogP contribution in [-0.4, -0.2) is 69.9 Å². The van der Waals surface area contributed by atoms with Crippen LogP contribution >= 0.6 is 0 Å². The van der Waals surface area contributed by atoms with Crippen molar-refractivity contribution in [1.82, 2.24) is 19.5 Å². The number of Topliss-reactive ketones (excluding diaryl/α,β-unsaturated/α-hetero) is 1. The average Bonchev–Trinajstić information content (AvgIpc) is 3.22. The van der Waals surface area contributed by atoms with Gasteiger partial charge in [-0.15, -0.1) is 0 Å². The van der Waals surface area contributed by atoms with Crippen molar-refractivity contribution in [3.63, 3.8) is 0 Å². The number of hydrogen-bond acceptors (Lipinski definition) is 8. The molecule has 1 aromatic carbocycles. The molecule has 158 valence electrons. The molecule has 30 heavy (non-hydrogen) atoms. The summed E-state index contributed by atoms with van der Waals surface area (Å²) < 4.78 is 12.9. The van der Waals surface area contributed by atoms with Gasteiger partial charge in [-0.2, -0.15) is 4.98 Å². The summed E-state index contributed by atoms with van der Waals surface area (Å²) in [7, 11) is 0. The van der Waals surface area contributed by atoms with E-state index in [0.717, 1.165) is 35.5 Å². The van der Waals surface area contributed by atoms with Crippen LogP contribution in [0.5, 0.6) is 5.75 Å². The number of carbonyl (C=O) groups is 1. The third kappa shape index (κ3) is 4.12. The number of aromatic nitrogens is 4. The standard InChI is InChI=1S/C21H25N5O4/c1-14(2)26-13-22-19-18(15-3-5-17(6-4-15)30-12-16(28)11-27)23-21(24-20(19)26)25-7-9-29-10-8-25/h3-6,13-14,27H,7-12H2,1-2H3. The second-order valence-electron chi connectivity index (χ2n) is 7.40. The van der Waals surface area contributed by atoms with E-state index in [1.54, 1.807) is 18.5 Å². The first-order valence-corrected chi connectivity index (χ1v) is 10.00. The molecule has 1 aliphatic heterocycles. The van der Waals surface area contributed by atoms with Gasteiger partial charge in [-0.1, -0.05) is 0 Å². The molecular weight excluding hydrogens is 386 g/mol. The van der Waals surface area contributed by atoms with Crippen molar-refractivity contribution in [2.24, 2.45) is 0 Å². The predicted molar refractivity (Wildman–Crippen MR) is 112 cm³/mol. The molecule has 0 unspecified atom stereocenters. The van der Waals surface area contributed by atoms with Gasteiger partial charge in [0.05, 0.1) is 19.5 Å². The fourth-order valence-corrected chi connectivity index (χ4v) is 3.31. The zero-order chi connectivity index (χ0) is 21.1. The lowest BCUT2D eigenvalue weighted by molar-refractivity contribution is -0.123. The van der Waals surface area contributed by atoms with Crippen LogP contribution in [0.2, 0.25) is 0 Å². The van der Waals surface area contributed by atoms with Crippen LogP contribution in [0.1, 0.15) is 19.9 Å². The molecule has 1 saturated heterocycles. The number of rotatable bonds is 7. The highest BCUT2D eigenvalue weighted by atomic mass is 16.5. The van der Waals surface area contributed by atoms with Crippen LogP contribution in [0.25, 0.3) is 22.4 Å². The lowest BCUT2D eigenvalue weighted by atomic mass is 10.1. The number of ketones is 1. The Morgan fingerprint density at radius 2 is 1.93 bits per heavy atom. The van der Waals surface area contributed by atoms with E-state index in [1.165, 1.54) is 0 Å². The van der Waals surface area contributed by atoms with Crippen molar-refractivity contribution in [2.75, 3.05) is 44.4 Å². The van der Waals surface area contributed by atoms with Gasteiger partial charge >= 0.3 is 0 Å². The van der Waals surface area contributed by atoms with Crippen molar-refractivity contribution in [2.45, 2.75) is 19.9 Å². The Kier molecular flexibility index (Phi) is 5.91. The molecule has 1 fully saturated rings. The zero-order valence-electron chi connectivity index (χ0n) is 17.1. The topological polar surface area (TPSA) is 103 Å². The van der Waals surface area contributed by atoms with E-state index < -0.39 is 6.61 Å². The number of imidazole rings is 1. The number of anilines is 1. The minimum absolute atomic E-state index is 0.159. The molecule has 9 heteroatoms. The molecule has 3 heterocycles. The van der Waals surface area contributed by atoms with Gasteiger partial charge in [-0.3, -0.25) is 4.79 Å². The lowest BCUT2D eigenvalue weighted by Crippen LogP contribution is -2.37. The number of nitrogens with zero attached hydrogens (tertiary/aromatic N) is 5. The maximum Gasteiger partial charge on any atom is 0.228 e. The first-order valence-electron chi connectivity index (χ1n) is 10.00. The smallest absolute Gasteiger partial charge is 0.228 e. The third-order valence-corrected chi connectivity index (χ3v) is 4.96. The van der Waals surface area contributed by atoms with Gasteiger partial charge in [0.25, 0.3) is 0 Å². The van der Waals surface area contributed by atoms with Crippen LogP contribution in [-0.2, 0) is 9.53 Å². The molecule has 9 nitrogen and oxygen atoms in total. The Hall–Kier alpha value is -3.04. The molecule has 1 aliphatic rings. The van der Waals surface area contributed by atoms with Crippen LogP contribution in [0.3, 0.4) is 0 Å². The second-order valence-corrected chi connectivity index (χ2v) is 7.40. The van der Waals surface area contributed by atoms with Crippen molar-refractivity contribution < 1.29 is 19.4 Å². The van der Waals surface area contributed by atoms with Crippen LogP contribution in [0.4, 0.5) is 5.95 Å². The SMILES string of the molecule is CC(C)n1cnc2c(-c3ccc(OCC(=O)CO)cc3)nc(N3CCOCC3)nc21. The maximum atomic E-state index is 11.2. The molecule has 0 spiro atoms. The summed E-state index contributed by atoms with van der Waals surface area (Å²) >= 11 is 0. The molecule has 2 aromatic heterocycles. The summed E-state index contributed by atoms with van der Waals surface area (Å²) in [6, 6.07) is 7.55. The van der Waals surface area contributed by atoms with Crippen molar-refractivity contribution in [1.29, 1.82) is 0 Å². The normalized spacial score (nSPS) is 14.5. The number of hydrogen-bond donors (Lipinski definition) is 1. The summed E-state index contributed by atoms with van der Waals surface area (Å²) in [5.74, 6) is 0.843. The summed E-state index contributed by atoms with van der Waals surface area (Å²) in [5.41, 5.74) is 3.17. The molecule has 0 amide bonds. The highest BCUT2D eigenvalue weighted by Gasteiger charge is 2.20. The molecule has 1 N–H and O–H groups in total. The number of ether oxygens (including phenoxy) is 2. The van der Waals surface area contributed by atoms with Gasteiger partial charge in [0.15, 0.2) is 11.4 Å². The fourth-order valence-electron chi connectivity index (χ4n) is 3.31. The van der Waals surface area contributed by atoms with E-state index in [4.69, 9.17) is 24.5 Å². The van der Waals surface area contributed by atoms with E-state index in [0.29, 0.717) is 24.9 Å². The summed E-state index contributed by atoms with van der Waals surface area (Å²) in [4.78, 5) is 27.6. The average molecular weight is 411 g/mol. The van der Waals surface area contributed by atoms with Crippen LogP contribution in [0.15, 0.2) is 30.6 Å². The molecule has 0 saturated carbocycles. The summed E-state index contributed by atoms with van der Waals surface area (Å²) in [5, 5.41) is 8.82. The van der Waals surface area contributed by atoms with Crippen LogP contribution < -0.4 is 9.64 Å². The van der Waals surface area contributed by atoms with Crippen molar-refractivity contribution in [3.05, 3.63) is 30.6 Å². The Balaban J connectivity index is 1.72. The quantitative estimate of drug-likeness (QED) is 0.628. The predicted octanol–water partition coefficient (Wildman–Crippen LogP) is 1.85. The van der Waals surface area contributed by atoms with Crippen molar-refractivity contribution >= 4 is 22.9 Å². The van der Waals surface area contributed by atoms with Gasteiger partial charge in [0.1, 0.15) is 30.2 Å². The first-order chi connectivity index (χ1) is 14.6. The van der Waals surface area contributed by atoms with Crippen molar-refractivity contribution in [3.8, 4) is 17.0 Å². The van der Waals surface area contributed by atoms with Gasteiger partial charge < -0.3 is 24.0 Å². The second kappa shape index (κ2) is 8.76. The van der Waals surface area contributed by atoms with E-state index in [1.807, 2.05) is 16.7 Å². The largest absolute Gasteiger partial charge is 0.486 e. The lowest BCUT2D eigenvalue weighted by Gasteiger charge is -2.27. The van der Waals surface area contributed by atoms with Gasteiger partial charge in [-0.25, -0.2) is 9.97 Å². The third-order valence-electron chi connectivity index (χ3n) is 4.96. The molecule has 0 radical (unpaired) electrons. The molecule has 0 atom stereocenters. The monoisotopic (exact) mass is 411 g/mol. The number of benzene rings is 1. The minimum Gasteiger partial charge on any atom is -0.486 e. The number of carbonyl (C=O) groups excluding carboxylic acids is 1. The van der Waals surface area contributed by atoms with Gasteiger partial charge in [0, 0.05) is 24.7 Å². The molecule has 0 bridgehead atoms. The van der Waals surface area contributed by atoms with Gasteiger partial charge in [-0.05, 0) is 38.1 Å². The number of aliphatic hydroxyl groups excluding tert-OH is 1. The number of aliphatic hydroxyl groups is 1. The molecule has 3 aromatic rings. The summed E-state index contributed by atoms with van der Waals surface area (Å²) in [6.45, 7) is 6.29. The van der Waals surface area contributed by atoms with E-state index in [9.17, 15) is 4.79 Å². The Morgan fingerprint density at radius 1 is 1.20 bits per heavy atom. The summed E-state index contributed by atoms with van der Waals surface area (Å²) in [6.07, 6.45) is 1.80. The van der Waals surface area contributed by atoms with E-state index in [-0.39, 0.29) is 18.4 Å². The molecular formula is C21H25N5O4. The van der Waals surface area contributed by atoms with Gasteiger partial charge in [0.2, 0.25) is 5.95 Å². The number of morpholine rings is 1. The highest BCUT2D eigenvalue weighted by Crippen LogP contribution is 2.30. The Labute approximate surface area is 174 Å². The fraction of sp³-hybridized carbons (Fsp3) is 0.429. The van der Waals surface area contributed by atoms with E-state index in [2.05, 4.69) is 23.7 Å². The molecule has 0 aliphatic carbocycles. The Bertz CT molecular complexity index is 1030. The number of fused-ring (bicyclic) bond motifs is 1. The first kappa shape index (κ1) is 20.2. The highest BCUT2D eigenvalue weighted by molar-refractivity contribution is 5.88. The van der Waals surface area contributed by atoms with Crippen LogP contribution in [0, 0.1) is 0 Å². The molecule has 4 rings (SSSR count).